The molecule has 1 heterocycles. The number of hydrogen-bond donors (Lipinski definition) is 2. The highest BCUT2D eigenvalue weighted by atomic mass is 16.5. The van der Waals surface area contributed by atoms with Gasteiger partial charge in [-0.1, -0.05) is 0 Å². The molecule has 0 aromatic rings. The van der Waals surface area contributed by atoms with Crippen LogP contribution in [0.4, 0.5) is 0 Å². The maximum atomic E-state index is 12.2. The van der Waals surface area contributed by atoms with Crippen molar-refractivity contribution in [2.75, 3.05) is 26.7 Å². The first kappa shape index (κ1) is 15.7. The zero-order valence-electron chi connectivity index (χ0n) is 13.0. The van der Waals surface area contributed by atoms with Crippen LogP contribution < -0.4 is 11.1 Å². The monoisotopic (exact) mass is 283 g/mol. The van der Waals surface area contributed by atoms with Gasteiger partial charge in [-0.05, 0) is 52.0 Å². The summed E-state index contributed by atoms with van der Waals surface area (Å²) in [5.74, 6) is 0.193. The van der Waals surface area contributed by atoms with Gasteiger partial charge in [-0.2, -0.15) is 0 Å². The predicted octanol–water partition coefficient (Wildman–Crippen LogP) is 0.729. The zero-order chi connectivity index (χ0) is 14.8. The van der Waals surface area contributed by atoms with Crippen molar-refractivity contribution in [3.8, 4) is 0 Å². The van der Waals surface area contributed by atoms with Crippen LogP contribution in [0.5, 0.6) is 0 Å². The van der Waals surface area contributed by atoms with Crippen LogP contribution in [0.25, 0.3) is 0 Å². The first-order valence-corrected chi connectivity index (χ1v) is 7.80. The molecule has 1 aliphatic carbocycles. The molecule has 1 saturated heterocycles. The third-order valence-electron chi connectivity index (χ3n) is 4.53. The van der Waals surface area contributed by atoms with E-state index >= 15 is 0 Å². The topological polar surface area (TPSA) is 67.6 Å². The van der Waals surface area contributed by atoms with Crippen LogP contribution in [0.3, 0.4) is 0 Å². The fourth-order valence-corrected chi connectivity index (χ4v) is 3.44. The normalized spacial score (nSPS) is 27.5. The third kappa shape index (κ3) is 3.51. The lowest BCUT2D eigenvalue weighted by molar-refractivity contribution is -0.127. The van der Waals surface area contributed by atoms with E-state index in [0.29, 0.717) is 12.5 Å². The molecule has 5 nitrogen and oxygen atoms in total. The van der Waals surface area contributed by atoms with Crippen molar-refractivity contribution in [2.45, 2.75) is 57.2 Å². The maximum absolute atomic E-state index is 12.2. The number of nitrogens with two attached hydrogens (primary N) is 1. The second kappa shape index (κ2) is 6.41. The molecular weight excluding hydrogens is 254 g/mol. The molecule has 0 spiro atoms. The van der Waals surface area contributed by atoms with Gasteiger partial charge in [0.1, 0.15) is 5.54 Å². The average Bonchev–Trinajstić information content (AvgIpc) is 3.21. The summed E-state index contributed by atoms with van der Waals surface area (Å²) in [6.45, 7) is 6.80. The van der Waals surface area contributed by atoms with Gasteiger partial charge in [-0.3, -0.25) is 15.0 Å². The van der Waals surface area contributed by atoms with Crippen molar-refractivity contribution in [3.05, 3.63) is 0 Å². The van der Waals surface area contributed by atoms with E-state index in [-0.39, 0.29) is 18.1 Å². The fourth-order valence-electron chi connectivity index (χ4n) is 3.44. The Hall–Kier alpha value is -0.650. The summed E-state index contributed by atoms with van der Waals surface area (Å²) in [5, 5.41) is 3.48. The van der Waals surface area contributed by atoms with E-state index in [4.69, 9.17) is 10.5 Å². The van der Waals surface area contributed by atoms with E-state index in [1.54, 1.807) is 7.11 Å². The van der Waals surface area contributed by atoms with E-state index < -0.39 is 5.54 Å². The standard InChI is InChI=1S/C15H29N3O2/c1-11(2)17-15(14(16)19,12-6-7-12)10-18-8-4-5-13(9-18)20-3/h11-13,17H,4-10H2,1-3H3,(H2,16,19). The van der Waals surface area contributed by atoms with Gasteiger partial charge in [-0.15, -0.1) is 0 Å². The van der Waals surface area contributed by atoms with E-state index in [1.165, 1.54) is 0 Å². The van der Waals surface area contributed by atoms with Crippen LogP contribution in [0.1, 0.15) is 39.5 Å². The van der Waals surface area contributed by atoms with Gasteiger partial charge in [0.15, 0.2) is 0 Å². The Labute approximate surface area is 122 Å². The number of likely N-dealkylation sites (tertiary alicyclic amines) is 1. The van der Waals surface area contributed by atoms with Crippen molar-refractivity contribution in [3.63, 3.8) is 0 Å². The number of ether oxygens (including phenoxy) is 1. The van der Waals surface area contributed by atoms with Crippen molar-refractivity contribution in [1.82, 2.24) is 10.2 Å². The molecule has 116 valence electrons. The molecule has 20 heavy (non-hydrogen) atoms. The second-order valence-corrected chi connectivity index (χ2v) is 6.64. The molecule has 3 N–H and O–H groups in total. The molecule has 0 aromatic heterocycles. The summed E-state index contributed by atoms with van der Waals surface area (Å²) >= 11 is 0. The molecule has 2 unspecified atom stereocenters. The lowest BCUT2D eigenvalue weighted by atomic mass is 9.89. The molecule has 2 rings (SSSR count). The average molecular weight is 283 g/mol. The molecule has 5 heteroatoms. The van der Waals surface area contributed by atoms with Crippen LogP contribution in [0.2, 0.25) is 0 Å². The molecular formula is C15H29N3O2. The van der Waals surface area contributed by atoms with E-state index in [9.17, 15) is 4.79 Å². The van der Waals surface area contributed by atoms with Crippen molar-refractivity contribution < 1.29 is 9.53 Å². The summed E-state index contributed by atoms with van der Waals surface area (Å²) in [6.07, 6.45) is 4.72. The number of primary amides is 1. The minimum Gasteiger partial charge on any atom is -0.380 e. The highest BCUT2D eigenvalue weighted by molar-refractivity contribution is 5.86. The Morgan fingerprint density at radius 1 is 1.45 bits per heavy atom. The Kier molecular flexibility index (Phi) is 5.04. The van der Waals surface area contributed by atoms with E-state index in [0.717, 1.165) is 38.8 Å². The number of rotatable bonds is 7. The molecule has 2 atom stereocenters. The van der Waals surface area contributed by atoms with Crippen molar-refractivity contribution in [1.29, 1.82) is 0 Å². The summed E-state index contributed by atoms with van der Waals surface area (Å²) in [5.41, 5.74) is 5.22. The zero-order valence-corrected chi connectivity index (χ0v) is 13.0. The van der Waals surface area contributed by atoms with Gasteiger partial charge in [0.25, 0.3) is 0 Å². The summed E-state index contributed by atoms with van der Waals surface area (Å²) in [7, 11) is 1.77. The molecule has 0 radical (unpaired) electrons. The maximum Gasteiger partial charge on any atom is 0.239 e. The predicted molar refractivity (Wildman–Crippen MR) is 79.4 cm³/mol. The minimum absolute atomic E-state index is 0.201. The molecule has 1 amide bonds. The third-order valence-corrected chi connectivity index (χ3v) is 4.53. The van der Waals surface area contributed by atoms with Crippen LogP contribution in [0.15, 0.2) is 0 Å². The van der Waals surface area contributed by atoms with Gasteiger partial charge in [0.05, 0.1) is 6.10 Å². The number of hydrogen-bond acceptors (Lipinski definition) is 4. The van der Waals surface area contributed by atoms with Crippen LogP contribution in [0, 0.1) is 5.92 Å². The minimum atomic E-state index is -0.566. The largest absolute Gasteiger partial charge is 0.380 e. The molecule has 2 fully saturated rings. The summed E-state index contributed by atoms with van der Waals surface area (Å²) < 4.78 is 5.48. The van der Waals surface area contributed by atoms with Gasteiger partial charge >= 0.3 is 0 Å². The number of piperidine rings is 1. The van der Waals surface area contributed by atoms with Crippen LogP contribution >= 0.6 is 0 Å². The van der Waals surface area contributed by atoms with Gasteiger partial charge in [-0.25, -0.2) is 0 Å². The Bertz CT molecular complexity index is 344. The van der Waals surface area contributed by atoms with E-state index in [1.807, 2.05) is 0 Å². The Morgan fingerprint density at radius 2 is 2.15 bits per heavy atom. The van der Waals surface area contributed by atoms with Crippen molar-refractivity contribution in [2.24, 2.45) is 11.7 Å². The number of amides is 1. The number of methoxy groups -OCH3 is 1. The first-order valence-electron chi connectivity index (χ1n) is 7.80. The SMILES string of the molecule is COC1CCCN(CC(NC(C)C)(C(N)=O)C2CC2)C1. The van der Waals surface area contributed by atoms with Crippen molar-refractivity contribution >= 4 is 5.91 Å². The molecule has 0 bridgehead atoms. The van der Waals surface area contributed by atoms with Gasteiger partial charge in [0, 0.05) is 26.2 Å². The van der Waals surface area contributed by atoms with E-state index in [2.05, 4.69) is 24.1 Å². The quantitative estimate of drug-likeness (QED) is 0.723. The number of carbonyl (C=O) groups excluding carboxylic acids is 1. The number of carbonyl (C=O) groups is 1. The summed E-state index contributed by atoms with van der Waals surface area (Å²) in [4.78, 5) is 14.5. The molecule has 1 saturated carbocycles. The highest BCUT2D eigenvalue weighted by Gasteiger charge is 2.51. The van der Waals surface area contributed by atoms with Crippen LogP contribution in [-0.2, 0) is 9.53 Å². The number of nitrogens with one attached hydrogen (secondary N) is 1. The number of nitrogens with zero attached hydrogens (tertiary/aromatic N) is 1. The molecule has 2 aliphatic rings. The smallest absolute Gasteiger partial charge is 0.239 e. The Balaban J connectivity index is 2.08. The second-order valence-electron chi connectivity index (χ2n) is 6.64. The first-order chi connectivity index (χ1) is 9.48. The fraction of sp³-hybridized carbons (Fsp3) is 0.933. The lowest BCUT2D eigenvalue weighted by Crippen LogP contribution is -2.65. The lowest BCUT2D eigenvalue weighted by Gasteiger charge is -2.41. The van der Waals surface area contributed by atoms with Crippen LogP contribution in [-0.4, -0.2) is 55.2 Å². The Morgan fingerprint density at radius 3 is 2.65 bits per heavy atom. The summed E-state index contributed by atoms with van der Waals surface area (Å²) in [6, 6.07) is 0.256. The molecule has 1 aliphatic heterocycles. The molecule has 0 aromatic carbocycles. The van der Waals surface area contributed by atoms with Gasteiger partial charge in [0.2, 0.25) is 5.91 Å². The van der Waals surface area contributed by atoms with Gasteiger partial charge < -0.3 is 10.5 Å². The highest BCUT2D eigenvalue weighted by Crippen LogP contribution is 2.40.